The maximum Gasteiger partial charge on any atom is 0.230 e. The molecular formula is C20H22BrN5OS2. The van der Waals surface area contributed by atoms with Crippen molar-refractivity contribution in [3.63, 3.8) is 0 Å². The molecule has 1 fully saturated rings. The Morgan fingerprint density at radius 1 is 1.31 bits per heavy atom. The summed E-state index contributed by atoms with van der Waals surface area (Å²) in [6.07, 6.45) is 3.92. The van der Waals surface area contributed by atoms with Crippen LogP contribution in [0.1, 0.15) is 25.3 Å². The van der Waals surface area contributed by atoms with Gasteiger partial charge < -0.3 is 10.2 Å². The van der Waals surface area contributed by atoms with Crippen molar-refractivity contribution < 1.29 is 4.79 Å². The molecule has 152 valence electrons. The van der Waals surface area contributed by atoms with Gasteiger partial charge >= 0.3 is 0 Å². The smallest absolute Gasteiger partial charge is 0.230 e. The third kappa shape index (κ3) is 5.07. The number of anilines is 1. The summed E-state index contributed by atoms with van der Waals surface area (Å²) < 4.78 is 1.96. The molecule has 0 spiro atoms. The van der Waals surface area contributed by atoms with E-state index in [0.717, 1.165) is 49.5 Å². The number of fused-ring (bicyclic) bond motifs is 1. The van der Waals surface area contributed by atoms with Crippen LogP contribution in [-0.4, -0.2) is 39.7 Å². The van der Waals surface area contributed by atoms with E-state index in [2.05, 4.69) is 43.0 Å². The van der Waals surface area contributed by atoms with E-state index in [1.165, 1.54) is 30.9 Å². The van der Waals surface area contributed by atoms with Crippen LogP contribution in [0, 0.1) is 5.92 Å². The summed E-state index contributed by atoms with van der Waals surface area (Å²) in [4.78, 5) is 28.1. The number of amides is 1. The minimum Gasteiger partial charge on any atom is -0.351 e. The van der Waals surface area contributed by atoms with Crippen LogP contribution in [-0.2, 0) is 11.3 Å². The minimum atomic E-state index is -0.0210. The summed E-state index contributed by atoms with van der Waals surface area (Å²) in [6.45, 7) is 4.87. The molecule has 0 atom stereocenters. The lowest BCUT2D eigenvalue weighted by Crippen LogP contribution is -2.32. The van der Waals surface area contributed by atoms with Crippen LogP contribution >= 0.6 is 39.0 Å². The number of thiazole rings is 1. The number of piperidine rings is 1. The standard InChI is InChI=1S/C20H22BrN5OS2/c1-13-6-8-26(9-7-13)20-25-18-17(29-20)19(24-12-23-18)28-11-16(27)22-10-14-4-2-3-5-15(14)21/h2-5,12-13H,6-11H2,1H3,(H,22,27). The van der Waals surface area contributed by atoms with E-state index in [4.69, 9.17) is 4.98 Å². The quantitative estimate of drug-likeness (QED) is 0.404. The van der Waals surface area contributed by atoms with E-state index in [9.17, 15) is 4.79 Å². The van der Waals surface area contributed by atoms with E-state index in [-0.39, 0.29) is 5.91 Å². The molecular weight excluding hydrogens is 470 g/mol. The molecule has 1 N–H and O–H groups in total. The maximum atomic E-state index is 12.3. The molecule has 1 aliphatic heterocycles. The van der Waals surface area contributed by atoms with Crippen LogP contribution in [0.3, 0.4) is 0 Å². The molecule has 0 aliphatic carbocycles. The van der Waals surface area contributed by atoms with Gasteiger partial charge in [-0.05, 0) is 30.4 Å². The van der Waals surface area contributed by atoms with Gasteiger partial charge in [-0.2, -0.15) is 4.98 Å². The molecule has 0 bridgehead atoms. The van der Waals surface area contributed by atoms with Crippen molar-refractivity contribution in [1.82, 2.24) is 20.3 Å². The van der Waals surface area contributed by atoms with Gasteiger partial charge in [0.25, 0.3) is 0 Å². The first-order valence-corrected chi connectivity index (χ1v) is 12.2. The summed E-state index contributed by atoms with van der Waals surface area (Å²) in [5.74, 6) is 1.07. The van der Waals surface area contributed by atoms with Crippen molar-refractivity contribution in [3.8, 4) is 0 Å². The topological polar surface area (TPSA) is 71.0 Å². The van der Waals surface area contributed by atoms with Crippen LogP contribution < -0.4 is 10.2 Å². The molecule has 3 aromatic rings. The second kappa shape index (κ2) is 9.40. The molecule has 3 heterocycles. The molecule has 2 aromatic heterocycles. The zero-order valence-electron chi connectivity index (χ0n) is 16.1. The Bertz CT molecular complexity index is 1000. The van der Waals surface area contributed by atoms with Crippen molar-refractivity contribution in [1.29, 1.82) is 0 Å². The summed E-state index contributed by atoms with van der Waals surface area (Å²) in [5, 5.41) is 4.79. The number of carbonyl (C=O) groups is 1. The van der Waals surface area contributed by atoms with Crippen molar-refractivity contribution in [2.45, 2.75) is 31.3 Å². The Kier molecular flexibility index (Phi) is 6.67. The van der Waals surface area contributed by atoms with E-state index in [0.29, 0.717) is 12.3 Å². The number of nitrogens with one attached hydrogen (secondary N) is 1. The first kappa shape index (κ1) is 20.6. The monoisotopic (exact) mass is 491 g/mol. The Morgan fingerprint density at radius 3 is 2.90 bits per heavy atom. The fourth-order valence-electron chi connectivity index (χ4n) is 3.18. The van der Waals surface area contributed by atoms with Gasteiger partial charge in [0.2, 0.25) is 5.91 Å². The molecule has 29 heavy (non-hydrogen) atoms. The fourth-order valence-corrected chi connectivity index (χ4v) is 5.58. The highest BCUT2D eigenvalue weighted by molar-refractivity contribution is 9.10. The van der Waals surface area contributed by atoms with Crippen molar-refractivity contribution >= 4 is 60.4 Å². The number of carbonyl (C=O) groups excluding carboxylic acids is 1. The van der Waals surface area contributed by atoms with Crippen LogP contribution in [0.4, 0.5) is 5.13 Å². The first-order valence-electron chi connectivity index (χ1n) is 9.59. The summed E-state index contributed by atoms with van der Waals surface area (Å²) >= 11 is 6.57. The van der Waals surface area contributed by atoms with Crippen molar-refractivity contribution in [2.75, 3.05) is 23.7 Å². The molecule has 0 saturated carbocycles. The van der Waals surface area contributed by atoms with E-state index >= 15 is 0 Å². The minimum absolute atomic E-state index is 0.0210. The highest BCUT2D eigenvalue weighted by Gasteiger charge is 2.20. The molecule has 9 heteroatoms. The lowest BCUT2D eigenvalue weighted by Gasteiger charge is -2.29. The van der Waals surface area contributed by atoms with Crippen LogP contribution in [0.5, 0.6) is 0 Å². The number of nitrogens with zero attached hydrogens (tertiary/aromatic N) is 4. The number of hydrogen-bond donors (Lipinski definition) is 1. The van der Waals surface area contributed by atoms with Gasteiger partial charge in [-0.3, -0.25) is 4.79 Å². The SMILES string of the molecule is CC1CCN(c2nc3ncnc(SCC(=O)NCc4ccccc4Br)c3s2)CC1. The average molecular weight is 492 g/mol. The van der Waals surface area contributed by atoms with Gasteiger partial charge in [0.1, 0.15) is 16.1 Å². The number of benzene rings is 1. The molecule has 1 aromatic carbocycles. The highest BCUT2D eigenvalue weighted by atomic mass is 79.9. The molecule has 1 amide bonds. The largest absolute Gasteiger partial charge is 0.351 e. The normalized spacial score (nSPS) is 15.0. The molecule has 4 rings (SSSR count). The van der Waals surface area contributed by atoms with Gasteiger partial charge in [-0.1, -0.05) is 64.2 Å². The molecule has 6 nitrogen and oxygen atoms in total. The van der Waals surface area contributed by atoms with Gasteiger partial charge in [-0.25, -0.2) is 9.97 Å². The number of aromatic nitrogens is 3. The van der Waals surface area contributed by atoms with Crippen LogP contribution in [0.2, 0.25) is 0 Å². The second-order valence-electron chi connectivity index (χ2n) is 7.15. The fraction of sp³-hybridized carbons (Fsp3) is 0.400. The van der Waals surface area contributed by atoms with Gasteiger partial charge in [0.15, 0.2) is 10.8 Å². The third-order valence-corrected chi connectivity index (χ3v) is 7.98. The maximum absolute atomic E-state index is 12.3. The van der Waals surface area contributed by atoms with Gasteiger partial charge in [0.05, 0.1) is 5.75 Å². The van der Waals surface area contributed by atoms with Crippen LogP contribution in [0.15, 0.2) is 40.1 Å². The number of rotatable bonds is 6. The molecule has 1 saturated heterocycles. The van der Waals surface area contributed by atoms with Crippen molar-refractivity contribution in [3.05, 3.63) is 40.6 Å². The predicted octanol–water partition coefficient (Wildman–Crippen LogP) is 4.49. The Morgan fingerprint density at radius 2 is 2.10 bits per heavy atom. The van der Waals surface area contributed by atoms with E-state index in [1.807, 2.05) is 24.3 Å². The van der Waals surface area contributed by atoms with E-state index < -0.39 is 0 Å². The Hall–Kier alpha value is -1.71. The van der Waals surface area contributed by atoms with Crippen LogP contribution in [0.25, 0.3) is 10.3 Å². The van der Waals surface area contributed by atoms with Crippen molar-refractivity contribution in [2.24, 2.45) is 5.92 Å². The van der Waals surface area contributed by atoms with E-state index in [1.54, 1.807) is 11.3 Å². The summed E-state index contributed by atoms with van der Waals surface area (Å²) in [5.41, 5.74) is 1.77. The summed E-state index contributed by atoms with van der Waals surface area (Å²) in [6, 6.07) is 7.88. The van der Waals surface area contributed by atoms with Gasteiger partial charge in [0, 0.05) is 24.1 Å². The number of halogens is 1. The lowest BCUT2D eigenvalue weighted by molar-refractivity contribution is -0.118. The van der Waals surface area contributed by atoms with Gasteiger partial charge in [-0.15, -0.1) is 0 Å². The molecule has 0 unspecified atom stereocenters. The first-order chi connectivity index (χ1) is 14.1. The zero-order valence-corrected chi connectivity index (χ0v) is 19.3. The molecule has 0 radical (unpaired) electrons. The number of thioether (sulfide) groups is 1. The Labute approximate surface area is 186 Å². The highest BCUT2D eigenvalue weighted by Crippen LogP contribution is 2.35. The number of hydrogen-bond acceptors (Lipinski definition) is 7. The molecule has 1 aliphatic rings. The summed E-state index contributed by atoms with van der Waals surface area (Å²) in [7, 11) is 0. The lowest BCUT2D eigenvalue weighted by atomic mass is 10.00. The zero-order chi connectivity index (χ0) is 20.2. The predicted molar refractivity (Wildman–Crippen MR) is 123 cm³/mol. The third-order valence-electron chi connectivity index (χ3n) is 4.98. The Balaban J connectivity index is 1.39. The average Bonchev–Trinajstić information content (AvgIpc) is 3.17. The second-order valence-corrected chi connectivity index (χ2v) is 9.95.